The Hall–Kier alpha value is -2.53. The van der Waals surface area contributed by atoms with Crippen LogP contribution in [0.25, 0.3) is 0 Å². The molecule has 0 aliphatic carbocycles. The number of aliphatic hydroxyl groups is 1. The van der Waals surface area contributed by atoms with Crippen molar-refractivity contribution in [2.45, 2.75) is 64.0 Å². The normalized spacial score (nSPS) is 16.4. The third-order valence-corrected chi connectivity index (χ3v) is 5.62. The summed E-state index contributed by atoms with van der Waals surface area (Å²) in [7, 11) is 0. The Balaban J connectivity index is 1.85. The third-order valence-electron chi connectivity index (χ3n) is 5.62. The summed E-state index contributed by atoms with van der Waals surface area (Å²) in [6.07, 6.45) is 5.18. The van der Waals surface area contributed by atoms with Crippen LogP contribution in [0.1, 0.15) is 63.5 Å². The van der Waals surface area contributed by atoms with Gasteiger partial charge in [-0.3, -0.25) is 4.79 Å². The summed E-state index contributed by atoms with van der Waals surface area (Å²) in [6.45, 7) is 5.61. The van der Waals surface area contributed by atoms with Crippen LogP contribution in [0.3, 0.4) is 0 Å². The first-order valence-electron chi connectivity index (χ1n) is 11.1. The van der Waals surface area contributed by atoms with Crippen molar-refractivity contribution in [1.29, 1.82) is 0 Å². The maximum absolute atomic E-state index is 11.9. The van der Waals surface area contributed by atoms with Gasteiger partial charge in [-0.25, -0.2) is 0 Å². The van der Waals surface area contributed by atoms with Crippen LogP contribution in [-0.2, 0) is 10.4 Å². The van der Waals surface area contributed by atoms with E-state index in [4.69, 9.17) is 9.47 Å². The molecule has 1 amide bonds. The molecule has 1 aliphatic rings. The van der Waals surface area contributed by atoms with Crippen LogP contribution >= 0.6 is 0 Å². The number of amides is 1. The van der Waals surface area contributed by atoms with E-state index >= 15 is 0 Å². The van der Waals surface area contributed by atoms with Gasteiger partial charge in [0.15, 0.2) is 0 Å². The highest BCUT2D eigenvalue weighted by Gasteiger charge is 2.43. The fourth-order valence-corrected chi connectivity index (χ4v) is 3.78. The first-order valence-corrected chi connectivity index (χ1v) is 11.1. The Bertz CT molecular complexity index is 747. The fourth-order valence-electron chi connectivity index (χ4n) is 3.78. The van der Waals surface area contributed by atoms with Crippen LogP contribution in [-0.4, -0.2) is 30.3 Å². The molecule has 5 nitrogen and oxygen atoms in total. The molecule has 1 aliphatic heterocycles. The Morgan fingerprint density at radius 3 is 1.73 bits per heavy atom. The van der Waals surface area contributed by atoms with Crippen LogP contribution in [0, 0.1) is 0 Å². The second-order valence-corrected chi connectivity index (χ2v) is 7.88. The minimum Gasteiger partial charge on any atom is -0.494 e. The van der Waals surface area contributed by atoms with Gasteiger partial charge >= 0.3 is 0 Å². The average molecular weight is 412 g/mol. The lowest BCUT2D eigenvalue weighted by atomic mass is 9.79. The number of ether oxygens (including phenoxy) is 2. The molecule has 1 saturated heterocycles. The Labute approximate surface area is 179 Å². The molecule has 1 atom stereocenters. The van der Waals surface area contributed by atoms with Gasteiger partial charge in [-0.05, 0) is 54.7 Å². The minimum atomic E-state index is -1.32. The molecule has 0 bridgehead atoms. The molecule has 0 saturated carbocycles. The summed E-state index contributed by atoms with van der Waals surface area (Å²) in [6, 6.07) is 14.7. The topological polar surface area (TPSA) is 67.8 Å². The van der Waals surface area contributed by atoms with E-state index in [0.29, 0.717) is 26.1 Å². The number of carbonyl (C=O) groups excluding carboxylic acids is 1. The molecular weight excluding hydrogens is 378 g/mol. The summed E-state index contributed by atoms with van der Waals surface area (Å²) in [5.74, 6) is 1.53. The second-order valence-electron chi connectivity index (χ2n) is 7.88. The first kappa shape index (κ1) is 22.2. The number of hydrogen-bond donors (Lipinski definition) is 2. The summed E-state index contributed by atoms with van der Waals surface area (Å²) in [5, 5.41) is 14.8. The average Bonchev–Trinajstić information content (AvgIpc) is 3.21. The van der Waals surface area contributed by atoms with Gasteiger partial charge < -0.3 is 19.9 Å². The molecule has 0 aromatic heterocycles. The van der Waals surface area contributed by atoms with E-state index in [1.807, 2.05) is 48.5 Å². The minimum absolute atomic E-state index is 0.0301. The lowest BCUT2D eigenvalue weighted by Gasteiger charge is -2.35. The Morgan fingerprint density at radius 2 is 1.37 bits per heavy atom. The molecule has 1 fully saturated rings. The zero-order valence-electron chi connectivity index (χ0n) is 18.0. The number of hydrogen-bond acceptors (Lipinski definition) is 4. The number of rotatable bonds is 11. The molecule has 0 spiro atoms. The zero-order valence-corrected chi connectivity index (χ0v) is 18.0. The highest BCUT2D eigenvalue weighted by atomic mass is 16.5. The Morgan fingerprint density at radius 1 is 0.900 bits per heavy atom. The predicted octanol–water partition coefficient (Wildman–Crippen LogP) is 4.56. The fraction of sp³-hybridized carbons (Fsp3) is 0.480. The predicted molar refractivity (Wildman–Crippen MR) is 118 cm³/mol. The highest BCUT2D eigenvalue weighted by molar-refractivity contribution is 5.79. The zero-order chi connectivity index (χ0) is 21.4. The Kier molecular flexibility index (Phi) is 7.75. The summed E-state index contributed by atoms with van der Waals surface area (Å²) >= 11 is 0. The van der Waals surface area contributed by atoms with Gasteiger partial charge in [-0.1, -0.05) is 51.0 Å². The van der Waals surface area contributed by atoms with E-state index < -0.39 is 5.60 Å². The molecule has 2 N–H and O–H groups in total. The lowest BCUT2D eigenvalue weighted by Crippen LogP contribution is -2.47. The maximum atomic E-state index is 11.9. The van der Waals surface area contributed by atoms with E-state index in [1.54, 1.807) is 0 Å². The van der Waals surface area contributed by atoms with Gasteiger partial charge in [0.1, 0.15) is 17.1 Å². The summed E-state index contributed by atoms with van der Waals surface area (Å²) in [5.41, 5.74) is 0.144. The van der Waals surface area contributed by atoms with Gasteiger partial charge in [-0.15, -0.1) is 0 Å². The molecule has 30 heavy (non-hydrogen) atoms. The van der Waals surface area contributed by atoms with Crippen molar-refractivity contribution in [1.82, 2.24) is 5.32 Å². The van der Waals surface area contributed by atoms with Crippen LogP contribution < -0.4 is 14.8 Å². The quantitative estimate of drug-likeness (QED) is 0.532. The van der Waals surface area contributed by atoms with Crippen LogP contribution in [0.2, 0.25) is 0 Å². The van der Waals surface area contributed by atoms with E-state index in [9.17, 15) is 9.90 Å². The number of unbranched alkanes of at least 4 members (excludes halogenated alkanes) is 2. The molecule has 1 heterocycles. The molecule has 2 aromatic carbocycles. The molecule has 2 aromatic rings. The summed E-state index contributed by atoms with van der Waals surface area (Å²) in [4.78, 5) is 11.9. The summed E-state index contributed by atoms with van der Waals surface area (Å²) < 4.78 is 11.5. The van der Waals surface area contributed by atoms with Crippen molar-refractivity contribution in [3.05, 3.63) is 59.7 Å². The van der Waals surface area contributed by atoms with Gasteiger partial charge in [0.25, 0.3) is 0 Å². The van der Waals surface area contributed by atoms with Gasteiger partial charge in [0.05, 0.1) is 19.3 Å². The maximum Gasteiger partial charge on any atom is 0.220 e. The number of carbonyl (C=O) groups is 1. The van der Waals surface area contributed by atoms with Crippen molar-refractivity contribution in [3.8, 4) is 11.5 Å². The molecule has 162 valence electrons. The van der Waals surface area contributed by atoms with E-state index in [1.165, 1.54) is 0 Å². The molecule has 0 unspecified atom stereocenters. The first-order chi connectivity index (χ1) is 14.6. The molecule has 0 radical (unpaired) electrons. The van der Waals surface area contributed by atoms with Crippen molar-refractivity contribution in [3.63, 3.8) is 0 Å². The van der Waals surface area contributed by atoms with E-state index in [-0.39, 0.29) is 11.9 Å². The van der Waals surface area contributed by atoms with Crippen molar-refractivity contribution >= 4 is 5.91 Å². The van der Waals surface area contributed by atoms with E-state index in [0.717, 1.165) is 48.3 Å². The number of benzene rings is 2. The van der Waals surface area contributed by atoms with E-state index in [2.05, 4.69) is 19.2 Å². The largest absolute Gasteiger partial charge is 0.494 e. The smallest absolute Gasteiger partial charge is 0.220 e. The van der Waals surface area contributed by atoms with Gasteiger partial charge in [-0.2, -0.15) is 0 Å². The lowest BCUT2D eigenvalue weighted by molar-refractivity contribution is -0.120. The van der Waals surface area contributed by atoms with Gasteiger partial charge in [0, 0.05) is 6.42 Å². The van der Waals surface area contributed by atoms with Crippen LogP contribution in [0.15, 0.2) is 48.5 Å². The number of nitrogens with one attached hydrogen (secondary N) is 1. The van der Waals surface area contributed by atoms with Crippen molar-refractivity contribution in [2.24, 2.45) is 0 Å². The van der Waals surface area contributed by atoms with Crippen molar-refractivity contribution in [2.75, 3.05) is 13.2 Å². The molecular formula is C25H33NO4. The standard InChI is InChI=1S/C25H33NO4/c1-3-5-17-29-21-11-7-19(8-12-21)25(28,23-15-16-24(27)26-23)20-9-13-22(14-10-20)30-18-6-4-2/h7-14,23,28H,3-6,15-18H2,1-2H3,(H,26,27)/t23-/m1/s1. The molecule has 3 rings (SSSR count). The monoisotopic (exact) mass is 411 g/mol. The second kappa shape index (κ2) is 10.5. The van der Waals surface area contributed by atoms with Crippen LogP contribution in [0.4, 0.5) is 0 Å². The van der Waals surface area contributed by atoms with Crippen molar-refractivity contribution < 1.29 is 19.4 Å². The third kappa shape index (κ3) is 5.14. The highest BCUT2D eigenvalue weighted by Crippen LogP contribution is 2.38. The molecule has 5 heteroatoms. The SMILES string of the molecule is CCCCOc1ccc(C(O)(c2ccc(OCCCC)cc2)[C@H]2CCC(=O)N2)cc1. The van der Waals surface area contributed by atoms with Gasteiger partial charge in [0.2, 0.25) is 5.91 Å². The van der Waals surface area contributed by atoms with Crippen LogP contribution in [0.5, 0.6) is 11.5 Å².